The van der Waals surface area contributed by atoms with E-state index in [1.807, 2.05) is 0 Å². The Morgan fingerprint density at radius 3 is 2.67 bits per heavy atom. The summed E-state index contributed by atoms with van der Waals surface area (Å²) in [5.41, 5.74) is -0.811. The average molecular weight is 374 g/mol. The number of nitrogens with one attached hydrogen (secondary N) is 2. The van der Waals surface area contributed by atoms with Crippen molar-refractivity contribution in [2.45, 2.75) is 17.8 Å². The average Bonchev–Trinajstić information content (AvgIpc) is 3.23. The second-order valence-electron chi connectivity index (χ2n) is 6.50. The number of carbonyl (C=O) groups excluding carboxylic acids is 2. The number of rotatable bonds is 6. The Labute approximate surface area is 155 Å². The molecule has 27 heavy (non-hydrogen) atoms. The van der Waals surface area contributed by atoms with E-state index in [-0.39, 0.29) is 31.5 Å². The maximum atomic E-state index is 12.1. The van der Waals surface area contributed by atoms with Gasteiger partial charge in [-0.2, -0.15) is 5.10 Å². The first kappa shape index (κ1) is 19.0. The lowest BCUT2D eigenvalue weighted by molar-refractivity contribution is -0.0464. The first-order valence-corrected chi connectivity index (χ1v) is 8.52. The quantitative estimate of drug-likeness (QED) is 0.518. The van der Waals surface area contributed by atoms with Crippen LogP contribution < -0.4 is 10.6 Å². The number of aromatic nitrogens is 2. The highest BCUT2D eigenvalue weighted by Gasteiger charge is 2.48. The topological polar surface area (TPSA) is 126 Å². The van der Waals surface area contributed by atoms with Crippen molar-refractivity contribution in [2.75, 3.05) is 19.7 Å². The van der Waals surface area contributed by atoms with Gasteiger partial charge in [0.1, 0.15) is 23.5 Å². The molecule has 0 aliphatic carbocycles. The largest absolute Gasteiger partial charge is 0.387 e. The number of aliphatic hydroxyl groups is 2. The van der Waals surface area contributed by atoms with Crippen LogP contribution in [0.2, 0.25) is 0 Å². The molecule has 1 saturated heterocycles. The van der Waals surface area contributed by atoms with Gasteiger partial charge in [-0.05, 0) is 18.2 Å². The van der Waals surface area contributed by atoms with Crippen LogP contribution >= 0.6 is 0 Å². The van der Waals surface area contributed by atoms with Gasteiger partial charge >= 0.3 is 0 Å². The Morgan fingerprint density at radius 1 is 1.26 bits per heavy atom. The molecule has 9 nitrogen and oxygen atoms in total. The molecule has 2 amide bonds. The number of hydrogen-bond donors (Lipinski definition) is 4. The van der Waals surface area contributed by atoms with Gasteiger partial charge in [0.15, 0.2) is 0 Å². The van der Waals surface area contributed by atoms with Crippen LogP contribution in [0.15, 0.2) is 42.6 Å². The smallest absolute Gasteiger partial charge is 0.269 e. The van der Waals surface area contributed by atoms with Gasteiger partial charge in [-0.1, -0.05) is 18.2 Å². The third-order valence-electron chi connectivity index (χ3n) is 4.56. The van der Waals surface area contributed by atoms with Crippen molar-refractivity contribution in [3.63, 3.8) is 0 Å². The molecule has 0 saturated carbocycles. The fourth-order valence-electron chi connectivity index (χ4n) is 2.91. The van der Waals surface area contributed by atoms with E-state index in [1.165, 1.54) is 10.9 Å². The lowest BCUT2D eigenvalue weighted by Crippen LogP contribution is -2.53. The molecule has 1 aromatic carbocycles. The molecule has 2 heterocycles. The Morgan fingerprint density at radius 2 is 2.00 bits per heavy atom. The van der Waals surface area contributed by atoms with E-state index >= 15 is 0 Å². The predicted octanol–water partition coefficient (Wildman–Crippen LogP) is -0.929. The summed E-state index contributed by atoms with van der Waals surface area (Å²) in [6.07, 6.45) is -0.550. The first-order chi connectivity index (χ1) is 12.9. The zero-order valence-corrected chi connectivity index (χ0v) is 14.8. The van der Waals surface area contributed by atoms with E-state index < -0.39 is 17.8 Å². The Kier molecular flexibility index (Phi) is 5.54. The van der Waals surface area contributed by atoms with E-state index in [4.69, 9.17) is 4.74 Å². The summed E-state index contributed by atoms with van der Waals surface area (Å²) in [6, 6.07) is 10.1. The minimum atomic E-state index is -1.63. The number of hydrogen-bond acceptors (Lipinski definition) is 6. The minimum absolute atomic E-state index is 0.0140. The number of amides is 2. The van der Waals surface area contributed by atoms with Gasteiger partial charge in [0, 0.05) is 25.4 Å². The highest BCUT2D eigenvalue weighted by Crippen LogP contribution is 2.24. The highest BCUT2D eigenvalue weighted by atomic mass is 16.5. The van der Waals surface area contributed by atoms with Crippen molar-refractivity contribution in [3.8, 4) is 0 Å². The van der Waals surface area contributed by atoms with E-state index in [1.54, 1.807) is 43.4 Å². The normalized spacial score (nSPS) is 24.6. The van der Waals surface area contributed by atoms with E-state index in [2.05, 4.69) is 15.7 Å². The van der Waals surface area contributed by atoms with Gasteiger partial charge in [0.25, 0.3) is 11.8 Å². The molecule has 1 aliphatic heterocycles. The van der Waals surface area contributed by atoms with Crippen LogP contribution in [-0.2, 0) is 11.8 Å². The van der Waals surface area contributed by atoms with Gasteiger partial charge in [-0.25, -0.2) is 0 Å². The van der Waals surface area contributed by atoms with Crippen LogP contribution in [-0.4, -0.2) is 69.3 Å². The zero-order chi connectivity index (χ0) is 19.4. The molecule has 144 valence electrons. The number of benzene rings is 1. The van der Waals surface area contributed by atoms with Gasteiger partial charge in [-0.15, -0.1) is 0 Å². The molecule has 0 radical (unpaired) electrons. The van der Waals surface area contributed by atoms with E-state index in [0.717, 1.165) is 0 Å². The van der Waals surface area contributed by atoms with Gasteiger partial charge in [0.05, 0.1) is 13.2 Å². The summed E-state index contributed by atoms with van der Waals surface area (Å²) in [5, 5.41) is 30.2. The SMILES string of the molecule is Cn1nccc1C(=O)NC[C@H]1OC[C@@](O)(CNC(=O)c2ccccc2)[C@@H]1O. The molecular formula is C18H22N4O5. The predicted molar refractivity (Wildman–Crippen MR) is 95.0 cm³/mol. The fourth-order valence-corrected chi connectivity index (χ4v) is 2.91. The molecule has 1 aliphatic rings. The molecule has 1 fully saturated rings. The Balaban J connectivity index is 1.52. The molecule has 2 aromatic rings. The molecule has 3 rings (SSSR count). The maximum Gasteiger partial charge on any atom is 0.269 e. The van der Waals surface area contributed by atoms with Crippen molar-refractivity contribution in [2.24, 2.45) is 7.05 Å². The third kappa shape index (κ3) is 4.16. The summed E-state index contributed by atoms with van der Waals surface area (Å²) in [7, 11) is 1.64. The van der Waals surface area contributed by atoms with Crippen LogP contribution in [0.1, 0.15) is 20.8 Å². The van der Waals surface area contributed by atoms with Crippen LogP contribution in [0, 0.1) is 0 Å². The summed E-state index contributed by atoms with van der Waals surface area (Å²) in [5.74, 6) is -0.720. The van der Waals surface area contributed by atoms with Crippen LogP contribution in [0.3, 0.4) is 0 Å². The van der Waals surface area contributed by atoms with Gasteiger partial charge in [0.2, 0.25) is 0 Å². The first-order valence-electron chi connectivity index (χ1n) is 8.52. The molecule has 3 atom stereocenters. The van der Waals surface area contributed by atoms with E-state index in [0.29, 0.717) is 11.3 Å². The maximum absolute atomic E-state index is 12.1. The van der Waals surface area contributed by atoms with Crippen molar-refractivity contribution >= 4 is 11.8 Å². The second-order valence-corrected chi connectivity index (χ2v) is 6.50. The van der Waals surface area contributed by atoms with Crippen molar-refractivity contribution in [1.82, 2.24) is 20.4 Å². The molecular weight excluding hydrogens is 352 g/mol. The Hall–Kier alpha value is -2.75. The van der Waals surface area contributed by atoms with Crippen molar-refractivity contribution in [3.05, 3.63) is 53.9 Å². The molecule has 0 unspecified atom stereocenters. The second kappa shape index (κ2) is 7.87. The summed E-state index contributed by atoms with van der Waals surface area (Å²) >= 11 is 0. The molecule has 1 aromatic heterocycles. The third-order valence-corrected chi connectivity index (χ3v) is 4.56. The summed E-state index contributed by atoms with van der Waals surface area (Å²) in [6.45, 7) is -0.316. The fraction of sp³-hybridized carbons (Fsp3) is 0.389. The van der Waals surface area contributed by atoms with Gasteiger partial charge in [-0.3, -0.25) is 14.3 Å². The van der Waals surface area contributed by atoms with E-state index in [9.17, 15) is 19.8 Å². The highest BCUT2D eigenvalue weighted by molar-refractivity contribution is 5.94. The summed E-state index contributed by atoms with van der Waals surface area (Å²) < 4.78 is 6.86. The number of aryl methyl sites for hydroxylation is 1. The minimum Gasteiger partial charge on any atom is -0.387 e. The Bertz CT molecular complexity index is 809. The number of nitrogens with zero attached hydrogens (tertiary/aromatic N) is 2. The van der Waals surface area contributed by atoms with Crippen LogP contribution in [0.5, 0.6) is 0 Å². The zero-order valence-electron chi connectivity index (χ0n) is 14.8. The molecule has 4 N–H and O–H groups in total. The number of ether oxygens (including phenoxy) is 1. The summed E-state index contributed by atoms with van der Waals surface area (Å²) in [4.78, 5) is 24.2. The van der Waals surface area contributed by atoms with Crippen molar-refractivity contribution < 1.29 is 24.5 Å². The number of carbonyl (C=O) groups is 2. The lowest BCUT2D eigenvalue weighted by atomic mass is 9.96. The molecule has 0 bridgehead atoms. The van der Waals surface area contributed by atoms with Crippen molar-refractivity contribution in [1.29, 1.82) is 0 Å². The standard InChI is InChI=1S/C18H22N4O5/c1-22-13(7-8-21-22)17(25)19-9-14-15(23)18(26,11-27-14)10-20-16(24)12-5-3-2-4-6-12/h2-8,14-15,23,26H,9-11H2,1H3,(H,19,25)(H,20,24)/t14-,15-,18+/m1/s1. The monoisotopic (exact) mass is 374 g/mol. The lowest BCUT2D eigenvalue weighted by Gasteiger charge is -2.26. The van der Waals surface area contributed by atoms with Gasteiger partial charge < -0.3 is 25.6 Å². The molecule has 0 spiro atoms. The number of aliphatic hydroxyl groups excluding tert-OH is 1. The molecule has 9 heteroatoms. The van der Waals surface area contributed by atoms with Crippen LogP contribution in [0.25, 0.3) is 0 Å². The van der Waals surface area contributed by atoms with Crippen LogP contribution in [0.4, 0.5) is 0 Å².